The van der Waals surface area contributed by atoms with Crippen LogP contribution in [0.15, 0.2) is 51.6 Å². The molecule has 2 heterocycles. The molecule has 0 unspecified atom stereocenters. The molecule has 0 saturated heterocycles. The van der Waals surface area contributed by atoms with E-state index in [1.807, 2.05) is 36.5 Å². The van der Waals surface area contributed by atoms with Gasteiger partial charge in [-0.25, -0.2) is 0 Å². The van der Waals surface area contributed by atoms with E-state index >= 15 is 0 Å². The van der Waals surface area contributed by atoms with Gasteiger partial charge in [0.25, 0.3) is 0 Å². The van der Waals surface area contributed by atoms with Gasteiger partial charge in [-0.05, 0) is 28.1 Å². The summed E-state index contributed by atoms with van der Waals surface area (Å²) in [5.74, 6) is 1.06. The smallest absolute Gasteiger partial charge is 0.247 e. The summed E-state index contributed by atoms with van der Waals surface area (Å²) >= 11 is 3.34. The fourth-order valence-electron chi connectivity index (χ4n) is 1.58. The lowest BCUT2D eigenvalue weighted by molar-refractivity contribution is 0.474. The summed E-state index contributed by atoms with van der Waals surface area (Å²) in [6.45, 7) is 0.464. The van der Waals surface area contributed by atoms with Gasteiger partial charge >= 0.3 is 0 Å². The maximum absolute atomic E-state index is 5.58. The SMILES string of the molecule is Brc1cnn(Cc2nnc(-c3ccccc3)o2)c1. The molecule has 0 saturated carbocycles. The van der Waals surface area contributed by atoms with Crippen molar-refractivity contribution in [1.29, 1.82) is 0 Å². The van der Waals surface area contributed by atoms with Gasteiger partial charge in [-0.3, -0.25) is 4.68 Å². The van der Waals surface area contributed by atoms with Crippen LogP contribution in [0.2, 0.25) is 0 Å². The molecule has 0 fully saturated rings. The van der Waals surface area contributed by atoms with Gasteiger partial charge < -0.3 is 4.42 Å². The third-order valence-corrected chi connectivity index (χ3v) is 2.80. The zero-order valence-corrected chi connectivity index (χ0v) is 10.9. The first-order valence-electron chi connectivity index (χ1n) is 5.37. The average molecular weight is 305 g/mol. The monoisotopic (exact) mass is 304 g/mol. The molecule has 6 heteroatoms. The molecular formula is C12H9BrN4O. The Morgan fingerprint density at radius 1 is 1.17 bits per heavy atom. The van der Waals surface area contributed by atoms with Gasteiger partial charge in [0.2, 0.25) is 11.8 Å². The fourth-order valence-corrected chi connectivity index (χ4v) is 1.91. The maximum Gasteiger partial charge on any atom is 0.247 e. The van der Waals surface area contributed by atoms with Crippen molar-refractivity contribution in [3.05, 3.63) is 53.1 Å². The molecule has 0 radical (unpaired) electrons. The second-order valence-corrected chi connectivity index (χ2v) is 4.64. The van der Waals surface area contributed by atoms with E-state index in [2.05, 4.69) is 31.2 Å². The number of hydrogen-bond acceptors (Lipinski definition) is 4. The second kappa shape index (κ2) is 4.73. The Bertz CT molecular complexity index is 647. The third-order valence-electron chi connectivity index (χ3n) is 2.39. The van der Waals surface area contributed by atoms with Crippen LogP contribution < -0.4 is 0 Å². The number of hydrogen-bond donors (Lipinski definition) is 0. The van der Waals surface area contributed by atoms with E-state index in [1.165, 1.54) is 0 Å². The van der Waals surface area contributed by atoms with E-state index in [0.717, 1.165) is 10.0 Å². The first-order valence-corrected chi connectivity index (χ1v) is 6.16. The number of nitrogens with zero attached hydrogens (tertiary/aromatic N) is 4. The van der Waals surface area contributed by atoms with E-state index in [9.17, 15) is 0 Å². The molecule has 0 aliphatic heterocycles. The Balaban J connectivity index is 1.82. The highest BCUT2D eigenvalue weighted by Gasteiger charge is 2.08. The van der Waals surface area contributed by atoms with Crippen LogP contribution in [-0.2, 0) is 6.54 Å². The first-order chi connectivity index (χ1) is 8.81. The highest BCUT2D eigenvalue weighted by Crippen LogP contribution is 2.17. The normalized spacial score (nSPS) is 10.7. The number of benzene rings is 1. The number of rotatable bonds is 3. The van der Waals surface area contributed by atoms with Crippen LogP contribution in [0.1, 0.15) is 5.89 Å². The second-order valence-electron chi connectivity index (χ2n) is 3.72. The Kier molecular flexibility index (Phi) is 2.93. The molecule has 90 valence electrons. The molecule has 0 atom stereocenters. The quantitative estimate of drug-likeness (QED) is 0.746. The van der Waals surface area contributed by atoms with Crippen molar-refractivity contribution >= 4 is 15.9 Å². The van der Waals surface area contributed by atoms with Crippen molar-refractivity contribution in [2.24, 2.45) is 0 Å². The van der Waals surface area contributed by atoms with Crippen LogP contribution in [0.25, 0.3) is 11.5 Å². The summed E-state index contributed by atoms with van der Waals surface area (Å²) in [6, 6.07) is 9.68. The molecule has 1 aromatic carbocycles. The lowest BCUT2D eigenvalue weighted by atomic mass is 10.2. The van der Waals surface area contributed by atoms with E-state index in [0.29, 0.717) is 18.3 Å². The summed E-state index contributed by atoms with van der Waals surface area (Å²) in [5.41, 5.74) is 0.915. The summed E-state index contributed by atoms with van der Waals surface area (Å²) in [5, 5.41) is 12.2. The minimum Gasteiger partial charge on any atom is -0.419 e. The van der Waals surface area contributed by atoms with Gasteiger partial charge in [-0.2, -0.15) is 5.10 Å². The highest BCUT2D eigenvalue weighted by atomic mass is 79.9. The van der Waals surface area contributed by atoms with Crippen LogP contribution in [0.3, 0.4) is 0 Å². The summed E-state index contributed by atoms with van der Waals surface area (Å²) in [7, 11) is 0. The van der Waals surface area contributed by atoms with Crippen molar-refractivity contribution in [3.8, 4) is 11.5 Å². The van der Waals surface area contributed by atoms with E-state index in [1.54, 1.807) is 10.9 Å². The molecule has 0 aliphatic carbocycles. The predicted molar refractivity (Wildman–Crippen MR) is 68.8 cm³/mol. The molecule has 0 bridgehead atoms. The van der Waals surface area contributed by atoms with Crippen LogP contribution >= 0.6 is 15.9 Å². The molecule has 0 spiro atoms. The lowest BCUT2D eigenvalue weighted by Crippen LogP contribution is -1.99. The molecule has 0 N–H and O–H groups in total. The lowest BCUT2D eigenvalue weighted by Gasteiger charge is -1.95. The maximum atomic E-state index is 5.58. The van der Waals surface area contributed by atoms with E-state index in [-0.39, 0.29) is 0 Å². The first kappa shape index (κ1) is 11.2. The molecule has 3 aromatic rings. The molecule has 0 aliphatic rings. The topological polar surface area (TPSA) is 56.7 Å². The van der Waals surface area contributed by atoms with Crippen molar-refractivity contribution in [1.82, 2.24) is 20.0 Å². The molecule has 18 heavy (non-hydrogen) atoms. The highest BCUT2D eigenvalue weighted by molar-refractivity contribution is 9.10. The van der Waals surface area contributed by atoms with Gasteiger partial charge in [-0.1, -0.05) is 18.2 Å². The number of aromatic nitrogens is 4. The van der Waals surface area contributed by atoms with Crippen molar-refractivity contribution in [2.75, 3.05) is 0 Å². The summed E-state index contributed by atoms with van der Waals surface area (Å²) < 4.78 is 8.23. The van der Waals surface area contributed by atoms with Crippen molar-refractivity contribution in [2.45, 2.75) is 6.54 Å². The Morgan fingerprint density at radius 2 is 2.00 bits per heavy atom. The van der Waals surface area contributed by atoms with Gasteiger partial charge in [0, 0.05) is 11.8 Å². The van der Waals surface area contributed by atoms with E-state index in [4.69, 9.17) is 4.42 Å². The third kappa shape index (κ3) is 2.33. The minimum atomic E-state index is 0.464. The van der Waals surface area contributed by atoms with Crippen LogP contribution in [0, 0.1) is 0 Å². The van der Waals surface area contributed by atoms with Crippen LogP contribution in [0.4, 0.5) is 0 Å². The zero-order chi connectivity index (χ0) is 12.4. The van der Waals surface area contributed by atoms with Gasteiger partial charge in [0.05, 0.1) is 10.7 Å². The molecule has 0 amide bonds. The molecule has 3 rings (SSSR count). The van der Waals surface area contributed by atoms with Crippen LogP contribution in [0.5, 0.6) is 0 Å². The minimum absolute atomic E-state index is 0.464. The standard InChI is InChI=1S/C12H9BrN4O/c13-10-6-14-17(7-10)8-11-15-16-12(18-11)9-4-2-1-3-5-9/h1-7H,8H2. The summed E-state index contributed by atoms with van der Waals surface area (Å²) in [6.07, 6.45) is 3.57. The fraction of sp³-hybridized carbons (Fsp3) is 0.0833. The average Bonchev–Trinajstić information content (AvgIpc) is 3.01. The number of halogens is 1. The Hall–Kier alpha value is -1.95. The largest absolute Gasteiger partial charge is 0.419 e. The molecule has 2 aromatic heterocycles. The Morgan fingerprint density at radius 3 is 2.72 bits per heavy atom. The van der Waals surface area contributed by atoms with Crippen LogP contribution in [-0.4, -0.2) is 20.0 Å². The van der Waals surface area contributed by atoms with Gasteiger partial charge in [-0.15, -0.1) is 10.2 Å². The van der Waals surface area contributed by atoms with E-state index < -0.39 is 0 Å². The zero-order valence-electron chi connectivity index (χ0n) is 9.32. The molecule has 5 nitrogen and oxygen atoms in total. The molecular weight excluding hydrogens is 296 g/mol. The Labute approximate surface area is 112 Å². The van der Waals surface area contributed by atoms with Crippen molar-refractivity contribution in [3.63, 3.8) is 0 Å². The summed E-state index contributed by atoms with van der Waals surface area (Å²) in [4.78, 5) is 0. The predicted octanol–water partition coefficient (Wildman–Crippen LogP) is 2.74. The van der Waals surface area contributed by atoms with Crippen molar-refractivity contribution < 1.29 is 4.42 Å². The van der Waals surface area contributed by atoms with Gasteiger partial charge in [0.1, 0.15) is 6.54 Å². The van der Waals surface area contributed by atoms with Gasteiger partial charge in [0.15, 0.2) is 0 Å².